The van der Waals surface area contributed by atoms with E-state index in [9.17, 15) is 0 Å². The van der Waals surface area contributed by atoms with Gasteiger partial charge in [0.1, 0.15) is 0 Å². The van der Waals surface area contributed by atoms with E-state index in [-0.39, 0.29) is 0 Å². The minimum atomic E-state index is 0.688. The molecule has 0 rings (SSSR count). The zero-order valence-corrected chi connectivity index (χ0v) is 13.6. The average molecular weight is 303 g/mol. The smallest absolute Gasteiger partial charge is 0.0180 e. The van der Waals surface area contributed by atoms with Crippen molar-refractivity contribution in [3.8, 4) is 0 Å². The molecule has 1 atom stereocenters. The SMILES string of the molecule is CCCCCC/C=C/CC(Br)CCCC(C)C. The summed E-state index contributed by atoms with van der Waals surface area (Å²) >= 11 is 3.77. The molecule has 0 fully saturated rings. The third kappa shape index (κ3) is 14.2. The Labute approximate surface area is 117 Å². The van der Waals surface area contributed by atoms with Gasteiger partial charge in [0.2, 0.25) is 0 Å². The Hall–Kier alpha value is 0.220. The molecule has 102 valence electrons. The molecule has 0 spiro atoms. The van der Waals surface area contributed by atoms with Crippen LogP contribution in [0.4, 0.5) is 0 Å². The van der Waals surface area contributed by atoms with Gasteiger partial charge in [-0.1, -0.05) is 81.0 Å². The van der Waals surface area contributed by atoms with Gasteiger partial charge in [0.25, 0.3) is 0 Å². The topological polar surface area (TPSA) is 0 Å². The van der Waals surface area contributed by atoms with Gasteiger partial charge in [-0.3, -0.25) is 0 Å². The highest BCUT2D eigenvalue weighted by Gasteiger charge is 2.02. The lowest BCUT2D eigenvalue weighted by molar-refractivity contribution is 0.534. The number of halogens is 1. The molecular formula is C16H31Br. The van der Waals surface area contributed by atoms with Crippen LogP contribution in [0.2, 0.25) is 0 Å². The number of hydrogen-bond acceptors (Lipinski definition) is 0. The first-order valence-corrected chi connectivity index (χ1v) is 8.37. The third-order valence-corrected chi connectivity index (χ3v) is 3.91. The van der Waals surface area contributed by atoms with Crippen molar-refractivity contribution >= 4 is 15.9 Å². The second-order valence-corrected chi connectivity index (χ2v) is 6.77. The van der Waals surface area contributed by atoms with Crippen molar-refractivity contribution in [2.75, 3.05) is 0 Å². The van der Waals surface area contributed by atoms with Gasteiger partial charge in [0.15, 0.2) is 0 Å². The van der Waals surface area contributed by atoms with Gasteiger partial charge in [-0.15, -0.1) is 0 Å². The highest BCUT2D eigenvalue weighted by Crippen LogP contribution is 2.17. The minimum absolute atomic E-state index is 0.688. The molecule has 0 saturated heterocycles. The summed E-state index contributed by atoms with van der Waals surface area (Å²) in [7, 11) is 0. The fraction of sp³-hybridized carbons (Fsp3) is 0.875. The molecule has 0 aromatic heterocycles. The Morgan fingerprint density at radius 2 is 1.71 bits per heavy atom. The molecule has 17 heavy (non-hydrogen) atoms. The lowest BCUT2D eigenvalue weighted by Gasteiger charge is -2.08. The second-order valence-electron chi connectivity index (χ2n) is 5.48. The van der Waals surface area contributed by atoms with Gasteiger partial charge in [-0.25, -0.2) is 0 Å². The molecular weight excluding hydrogens is 272 g/mol. The first kappa shape index (κ1) is 17.2. The summed E-state index contributed by atoms with van der Waals surface area (Å²) in [4.78, 5) is 0.688. The monoisotopic (exact) mass is 302 g/mol. The van der Waals surface area contributed by atoms with E-state index in [1.54, 1.807) is 0 Å². The van der Waals surface area contributed by atoms with E-state index < -0.39 is 0 Å². The highest BCUT2D eigenvalue weighted by molar-refractivity contribution is 9.09. The Morgan fingerprint density at radius 1 is 0.941 bits per heavy atom. The molecule has 1 unspecified atom stereocenters. The van der Waals surface area contributed by atoms with Gasteiger partial charge < -0.3 is 0 Å². The molecule has 0 heterocycles. The van der Waals surface area contributed by atoms with Crippen molar-refractivity contribution in [1.29, 1.82) is 0 Å². The van der Waals surface area contributed by atoms with Gasteiger partial charge in [0.05, 0.1) is 0 Å². The van der Waals surface area contributed by atoms with Crippen LogP contribution in [0.1, 0.15) is 78.6 Å². The van der Waals surface area contributed by atoms with Crippen LogP contribution in [0.3, 0.4) is 0 Å². The number of rotatable bonds is 11. The molecule has 0 bridgehead atoms. The van der Waals surface area contributed by atoms with Crippen molar-refractivity contribution < 1.29 is 0 Å². The second kappa shape index (κ2) is 12.7. The van der Waals surface area contributed by atoms with Crippen LogP contribution < -0.4 is 0 Å². The predicted octanol–water partition coefficient (Wildman–Crippen LogP) is 6.49. The summed E-state index contributed by atoms with van der Waals surface area (Å²) in [6.45, 7) is 6.88. The summed E-state index contributed by atoms with van der Waals surface area (Å²) in [6.07, 6.45) is 16.7. The summed E-state index contributed by atoms with van der Waals surface area (Å²) in [5.74, 6) is 0.851. The fourth-order valence-corrected chi connectivity index (χ4v) is 2.46. The average Bonchev–Trinajstić information content (AvgIpc) is 2.27. The predicted molar refractivity (Wildman–Crippen MR) is 83.9 cm³/mol. The van der Waals surface area contributed by atoms with Gasteiger partial charge in [-0.2, -0.15) is 0 Å². The van der Waals surface area contributed by atoms with Gasteiger partial charge >= 0.3 is 0 Å². The molecule has 0 aromatic carbocycles. The van der Waals surface area contributed by atoms with E-state index in [1.165, 1.54) is 57.8 Å². The van der Waals surface area contributed by atoms with E-state index in [0.717, 1.165) is 5.92 Å². The van der Waals surface area contributed by atoms with Crippen LogP contribution in [0, 0.1) is 5.92 Å². The van der Waals surface area contributed by atoms with Crippen LogP contribution >= 0.6 is 15.9 Å². The van der Waals surface area contributed by atoms with Crippen molar-refractivity contribution in [2.45, 2.75) is 83.4 Å². The lowest BCUT2D eigenvalue weighted by Crippen LogP contribution is -1.97. The first-order chi connectivity index (χ1) is 8.16. The normalized spacial score (nSPS) is 13.7. The maximum absolute atomic E-state index is 3.77. The van der Waals surface area contributed by atoms with Crippen LogP contribution in [-0.2, 0) is 0 Å². The fourth-order valence-electron chi connectivity index (χ4n) is 1.92. The Bertz CT molecular complexity index is 172. The Balaban J connectivity index is 3.30. The van der Waals surface area contributed by atoms with Crippen molar-refractivity contribution in [3.63, 3.8) is 0 Å². The highest BCUT2D eigenvalue weighted by atomic mass is 79.9. The van der Waals surface area contributed by atoms with E-state index in [0.29, 0.717) is 4.83 Å². The third-order valence-electron chi connectivity index (χ3n) is 3.08. The van der Waals surface area contributed by atoms with Crippen LogP contribution in [-0.4, -0.2) is 4.83 Å². The largest absolute Gasteiger partial charge is 0.0887 e. The molecule has 1 heteroatoms. The zero-order valence-electron chi connectivity index (χ0n) is 12.1. The minimum Gasteiger partial charge on any atom is -0.0887 e. The Kier molecular flexibility index (Phi) is 12.8. The van der Waals surface area contributed by atoms with Crippen molar-refractivity contribution in [1.82, 2.24) is 0 Å². The van der Waals surface area contributed by atoms with Crippen molar-refractivity contribution in [2.24, 2.45) is 5.92 Å². The zero-order chi connectivity index (χ0) is 12.9. The first-order valence-electron chi connectivity index (χ1n) is 7.45. The molecule has 0 aliphatic rings. The summed E-state index contributed by atoms with van der Waals surface area (Å²) in [5.41, 5.74) is 0. The summed E-state index contributed by atoms with van der Waals surface area (Å²) in [5, 5.41) is 0. The molecule has 0 aliphatic carbocycles. The molecule has 0 saturated carbocycles. The molecule has 0 amide bonds. The van der Waals surface area contributed by atoms with Crippen LogP contribution in [0.5, 0.6) is 0 Å². The van der Waals surface area contributed by atoms with E-state index >= 15 is 0 Å². The van der Waals surface area contributed by atoms with E-state index in [2.05, 4.69) is 48.9 Å². The maximum atomic E-state index is 3.77. The lowest BCUT2D eigenvalue weighted by atomic mass is 10.0. The molecule has 0 nitrogen and oxygen atoms in total. The van der Waals surface area contributed by atoms with Crippen LogP contribution in [0.15, 0.2) is 12.2 Å². The number of allylic oxidation sites excluding steroid dienone is 2. The number of alkyl halides is 1. The standard InChI is InChI=1S/C16H31Br/c1-4-5-6-7-8-9-10-13-16(17)14-11-12-15(2)3/h9-10,15-16H,4-8,11-14H2,1-3H3/b10-9+. The molecule has 0 aromatic rings. The van der Waals surface area contributed by atoms with E-state index in [1.807, 2.05) is 0 Å². The molecule has 0 aliphatic heterocycles. The molecule has 0 N–H and O–H groups in total. The van der Waals surface area contributed by atoms with E-state index in [4.69, 9.17) is 0 Å². The van der Waals surface area contributed by atoms with Gasteiger partial charge in [-0.05, 0) is 31.6 Å². The van der Waals surface area contributed by atoms with Gasteiger partial charge in [0, 0.05) is 4.83 Å². The Morgan fingerprint density at radius 3 is 2.35 bits per heavy atom. The molecule has 0 radical (unpaired) electrons. The summed E-state index contributed by atoms with van der Waals surface area (Å²) < 4.78 is 0. The maximum Gasteiger partial charge on any atom is 0.0180 e. The number of unbranched alkanes of at least 4 members (excludes halogenated alkanes) is 4. The quantitative estimate of drug-likeness (QED) is 0.232. The van der Waals surface area contributed by atoms with Crippen LogP contribution in [0.25, 0.3) is 0 Å². The summed E-state index contributed by atoms with van der Waals surface area (Å²) in [6, 6.07) is 0. The van der Waals surface area contributed by atoms with Crippen molar-refractivity contribution in [3.05, 3.63) is 12.2 Å². The number of hydrogen-bond donors (Lipinski definition) is 0.